The minimum absolute atomic E-state index is 0.409. The van der Waals surface area contributed by atoms with Crippen LogP contribution in [-0.2, 0) is 0 Å². The monoisotopic (exact) mass is 301 g/mol. The van der Waals surface area contributed by atoms with Gasteiger partial charge in [-0.3, -0.25) is 0 Å². The van der Waals surface area contributed by atoms with Crippen LogP contribution in [-0.4, -0.2) is 15.5 Å². The molecule has 0 amide bonds. The predicted octanol–water partition coefficient (Wildman–Crippen LogP) is 4.43. The molecule has 0 aliphatic rings. The molecule has 3 nitrogen and oxygen atoms in total. The Balaban J connectivity index is 2.08. The molecule has 2 aromatic carbocycles. The number of nitrogens with one attached hydrogen (secondary N) is 1. The summed E-state index contributed by atoms with van der Waals surface area (Å²) in [5.41, 5.74) is 5.17. The molecule has 0 saturated carbocycles. The van der Waals surface area contributed by atoms with Crippen molar-refractivity contribution in [2.24, 2.45) is 0 Å². The molecule has 3 heteroatoms. The molecule has 0 radical (unpaired) electrons. The zero-order valence-electron chi connectivity index (χ0n) is 13.6. The summed E-state index contributed by atoms with van der Waals surface area (Å²) in [6.45, 7) is 5.92. The topological polar surface area (TPSA) is 37.8 Å². The lowest BCUT2D eigenvalue weighted by atomic mass is 10.1. The van der Waals surface area contributed by atoms with Crippen LogP contribution in [0.3, 0.4) is 0 Å². The van der Waals surface area contributed by atoms with Crippen molar-refractivity contribution in [3.8, 4) is 23.6 Å². The van der Waals surface area contributed by atoms with Crippen molar-refractivity contribution in [1.29, 1.82) is 0 Å². The Labute approximate surface area is 136 Å². The molecule has 0 aliphatic heterocycles. The summed E-state index contributed by atoms with van der Waals surface area (Å²) in [6, 6.07) is 16.1. The van der Waals surface area contributed by atoms with E-state index < -0.39 is 5.54 Å². The van der Waals surface area contributed by atoms with E-state index in [-0.39, 0.29) is 0 Å². The van der Waals surface area contributed by atoms with Crippen molar-refractivity contribution < 1.29 is 0 Å². The fraction of sp³-hybridized carbons (Fsp3) is 0.200. The van der Waals surface area contributed by atoms with Crippen molar-refractivity contribution in [3.05, 3.63) is 54.2 Å². The van der Waals surface area contributed by atoms with Crippen LogP contribution in [0, 0.1) is 19.3 Å². The number of terminal acetylenes is 1. The summed E-state index contributed by atoms with van der Waals surface area (Å²) in [6.07, 6.45) is 5.55. The van der Waals surface area contributed by atoms with Gasteiger partial charge in [-0.1, -0.05) is 36.3 Å². The van der Waals surface area contributed by atoms with Gasteiger partial charge in [-0.2, -0.15) is 0 Å². The summed E-state index contributed by atoms with van der Waals surface area (Å²) >= 11 is 0. The molecule has 3 rings (SSSR count). The predicted molar refractivity (Wildman–Crippen MR) is 96.2 cm³/mol. The van der Waals surface area contributed by atoms with E-state index >= 15 is 0 Å². The van der Waals surface area contributed by atoms with E-state index in [9.17, 15) is 0 Å². The van der Waals surface area contributed by atoms with Gasteiger partial charge < -0.3 is 5.32 Å². The molecule has 0 unspecified atom stereocenters. The normalized spacial score (nSPS) is 11.2. The Bertz CT molecular complexity index is 890. The van der Waals surface area contributed by atoms with Gasteiger partial charge in [0.2, 0.25) is 0 Å². The highest BCUT2D eigenvalue weighted by atomic mass is 15.0. The van der Waals surface area contributed by atoms with Crippen LogP contribution in [0.2, 0.25) is 0 Å². The summed E-state index contributed by atoms with van der Waals surface area (Å²) in [5.74, 6) is 2.74. The second kappa shape index (κ2) is 5.73. The second-order valence-electron chi connectivity index (χ2n) is 6.12. The van der Waals surface area contributed by atoms with Gasteiger partial charge in [0.05, 0.1) is 28.0 Å². The van der Waals surface area contributed by atoms with Crippen LogP contribution in [0.4, 0.5) is 5.69 Å². The van der Waals surface area contributed by atoms with Crippen LogP contribution < -0.4 is 5.32 Å². The molecule has 0 bridgehead atoms. The SMILES string of the molecule is C#CC(C)(C)Nc1ccc2nc(C)c(-c3ccccc3)nc2c1. The Morgan fingerprint density at radius 3 is 2.43 bits per heavy atom. The number of rotatable bonds is 3. The van der Waals surface area contributed by atoms with E-state index in [0.29, 0.717) is 0 Å². The lowest BCUT2D eigenvalue weighted by Crippen LogP contribution is -2.28. The van der Waals surface area contributed by atoms with Crippen molar-refractivity contribution in [1.82, 2.24) is 9.97 Å². The minimum atomic E-state index is -0.409. The number of hydrogen-bond donors (Lipinski definition) is 1. The first-order chi connectivity index (χ1) is 11.0. The Morgan fingerprint density at radius 2 is 1.74 bits per heavy atom. The molecule has 3 aromatic rings. The van der Waals surface area contributed by atoms with E-state index in [1.54, 1.807) is 0 Å². The molecule has 0 saturated heterocycles. The summed E-state index contributed by atoms with van der Waals surface area (Å²) < 4.78 is 0. The van der Waals surface area contributed by atoms with Gasteiger partial charge in [-0.25, -0.2) is 9.97 Å². The zero-order chi connectivity index (χ0) is 16.4. The summed E-state index contributed by atoms with van der Waals surface area (Å²) in [5, 5.41) is 3.33. The van der Waals surface area contributed by atoms with Crippen LogP contribution in [0.1, 0.15) is 19.5 Å². The Kier molecular flexibility index (Phi) is 3.75. The third-order valence-corrected chi connectivity index (χ3v) is 3.70. The van der Waals surface area contributed by atoms with Gasteiger partial charge in [-0.05, 0) is 39.0 Å². The number of hydrogen-bond acceptors (Lipinski definition) is 3. The quantitative estimate of drug-likeness (QED) is 0.727. The fourth-order valence-corrected chi connectivity index (χ4v) is 2.49. The maximum absolute atomic E-state index is 5.55. The molecule has 1 aromatic heterocycles. The smallest absolute Gasteiger partial charge is 0.0927 e. The maximum Gasteiger partial charge on any atom is 0.0927 e. The number of nitrogens with zero attached hydrogens (tertiary/aromatic N) is 2. The van der Waals surface area contributed by atoms with Gasteiger partial charge in [0.25, 0.3) is 0 Å². The first-order valence-electron chi connectivity index (χ1n) is 7.58. The average molecular weight is 301 g/mol. The minimum Gasteiger partial charge on any atom is -0.369 e. The maximum atomic E-state index is 5.55. The molecule has 0 spiro atoms. The first kappa shape index (κ1) is 15.1. The second-order valence-corrected chi connectivity index (χ2v) is 6.12. The van der Waals surface area contributed by atoms with E-state index in [2.05, 4.69) is 16.2 Å². The summed E-state index contributed by atoms with van der Waals surface area (Å²) in [7, 11) is 0. The highest BCUT2D eigenvalue weighted by Gasteiger charge is 2.14. The first-order valence-corrected chi connectivity index (χ1v) is 7.58. The zero-order valence-corrected chi connectivity index (χ0v) is 13.6. The fourth-order valence-electron chi connectivity index (χ4n) is 2.49. The number of aromatic nitrogens is 2. The van der Waals surface area contributed by atoms with Gasteiger partial charge in [0, 0.05) is 11.3 Å². The molecule has 1 heterocycles. The molecule has 0 aliphatic carbocycles. The molecular formula is C20H19N3. The van der Waals surface area contributed by atoms with Crippen LogP contribution in [0.25, 0.3) is 22.3 Å². The molecule has 1 N–H and O–H groups in total. The summed E-state index contributed by atoms with van der Waals surface area (Å²) in [4.78, 5) is 9.49. The molecule has 0 fully saturated rings. The van der Waals surface area contributed by atoms with E-state index in [1.165, 1.54) is 0 Å². The van der Waals surface area contributed by atoms with Gasteiger partial charge in [0.1, 0.15) is 0 Å². The van der Waals surface area contributed by atoms with Gasteiger partial charge in [0.15, 0.2) is 0 Å². The Morgan fingerprint density at radius 1 is 1.00 bits per heavy atom. The third kappa shape index (κ3) is 3.17. The van der Waals surface area contributed by atoms with E-state index in [4.69, 9.17) is 11.4 Å². The number of anilines is 1. The van der Waals surface area contributed by atoms with Crippen molar-refractivity contribution in [3.63, 3.8) is 0 Å². The van der Waals surface area contributed by atoms with Crippen molar-refractivity contribution in [2.45, 2.75) is 26.3 Å². The highest BCUT2D eigenvalue weighted by molar-refractivity contribution is 5.82. The molecule has 23 heavy (non-hydrogen) atoms. The number of fused-ring (bicyclic) bond motifs is 1. The van der Waals surface area contributed by atoms with Gasteiger partial charge in [-0.15, -0.1) is 6.42 Å². The van der Waals surface area contributed by atoms with E-state index in [1.807, 2.05) is 69.3 Å². The lowest BCUT2D eigenvalue weighted by molar-refractivity contribution is 0.742. The largest absolute Gasteiger partial charge is 0.369 e. The number of benzene rings is 2. The molecule has 114 valence electrons. The molecular weight excluding hydrogens is 282 g/mol. The lowest BCUT2D eigenvalue weighted by Gasteiger charge is -2.21. The molecule has 0 atom stereocenters. The van der Waals surface area contributed by atoms with Crippen LogP contribution in [0.15, 0.2) is 48.5 Å². The van der Waals surface area contributed by atoms with Crippen molar-refractivity contribution >= 4 is 16.7 Å². The standard InChI is InChI=1S/C20H19N3/c1-5-20(3,4)23-16-11-12-17-18(13-16)22-19(14(2)21-17)15-9-7-6-8-10-15/h1,6-13,23H,2-4H3. The van der Waals surface area contributed by atoms with Crippen molar-refractivity contribution in [2.75, 3.05) is 5.32 Å². The van der Waals surface area contributed by atoms with Crippen LogP contribution in [0.5, 0.6) is 0 Å². The van der Waals surface area contributed by atoms with Crippen LogP contribution >= 0.6 is 0 Å². The third-order valence-electron chi connectivity index (χ3n) is 3.70. The number of aryl methyl sites for hydroxylation is 1. The highest BCUT2D eigenvalue weighted by Crippen LogP contribution is 2.25. The van der Waals surface area contributed by atoms with E-state index in [0.717, 1.165) is 33.7 Å². The Hall–Kier alpha value is -2.86. The van der Waals surface area contributed by atoms with Gasteiger partial charge >= 0.3 is 0 Å². The average Bonchev–Trinajstić information content (AvgIpc) is 2.55.